The first-order valence-corrected chi connectivity index (χ1v) is 9.99. The first kappa shape index (κ1) is 18.7. The topological polar surface area (TPSA) is 44.7 Å². The highest BCUT2D eigenvalue weighted by atomic mass is 16.5. The van der Waals surface area contributed by atoms with Crippen LogP contribution in [-0.4, -0.2) is 42.4 Å². The molecule has 1 aromatic rings. The van der Waals surface area contributed by atoms with Crippen molar-refractivity contribution in [3.63, 3.8) is 0 Å². The number of ether oxygens (including phenoxy) is 1. The maximum atomic E-state index is 9.68. The van der Waals surface area contributed by atoms with E-state index in [4.69, 9.17) is 4.74 Å². The van der Waals surface area contributed by atoms with E-state index in [1.54, 1.807) is 7.11 Å². The van der Waals surface area contributed by atoms with E-state index in [2.05, 4.69) is 35.3 Å². The van der Waals surface area contributed by atoms with E-state index in [-0.39, 0.29) is 6.10 Å². The number of hydrogen-bond donors (Lipinski definition) is 2. The third-order valence-electron chi connectivity index (χ3n) is 5.83. The molecule has 0 spiro atoms. The van der Waals surface area contributed by atoms with Gasteiger partial charge in [0.2, 0.25) is 0 Å². The van der Waals surface area contributed by atoms with Crippen LogP contribution < -0.4 is 10.1 Å². The van der Waals surface area contributed by atoms with Crippen LogP contribution in [0.25, 0.3) is 0 Å². The van der Waals surface area contributed by atoms with E-state index < -0.39 is 0 Å². The van der Waals surface area contributed by atoms with Crippen LogP contribution in [-0.2, 0) is 6.54 Å². The number of nitrogens with one attached hydrogen (secondary N) is 1. The van der Waals surface area contributed by atoms with Crippen LogP contribution in [0.3, 0.4) is 0 Å². The molecule has 2 fully saturated rings. The van der Waals surface area contributed by atoms with Crippen molar-refractivity contribution in [3.8, 4) is 5.75 Å². The molecule has 2 N–H and O–H groups in total. The summed E-state index contributed by atoms with van der Waals surface area (Å²) in [5, 5.41) is 13.4. The average Bonchev–Trinajstić information content (AvgIpc) is 2.64. The van der Waals surface area contributed by atoms with Gasteiger partial charge < -0.3 is 15.2 Å². The molecule has 1 atom stereocenters. The van der Waals surface area contributed by atoms with Crippen LogP contribution in [0.4, 0.5) is 0 Å². The molecule has 0 radical (unpaired) electrons. The molecular formula is C21H34N2O2. The van der Waals surface area contributed by atoms with E-state index in [9.17, 15) is 5.11 Å². The zero-order valence-corrected chi connectivity index (χ0v) is 15.8. The number of rotatable bonds is 6. The normalized spacial score (nSPS) is 26.4. The Hall–Kier alpha value is -1.10. The molecule has 0 aromatic heterocycles. The molecule has 1 aliphatic heterocycles. The predicted molar refractivity (Wildman–Crippen MR) is 102 cm³/mol. The molecule has 0 unspecified atom stereocenters. The van der Waals surface area contributed by atoms with Gasteiger partial charge in [-0.3, -0.25) is 4.90 Å². The standard InChI is InChI=1S/C21H34N2O2/c1-16(22-19-7-9-20(24)10-8-19)17-6-11-21(25-2)18(14-17)15-23-12-4-3-5-13-23/h6,11,14,16,19-20,22,24H,3-5,7-10,12-13,15H2,1-2H3/t16-,19?,20?/m0/s1. The SMILES string of the molecule is COc1ccc([C@H](C)NC2CCC(O)CC2)cc1CN1CCCCC1. The molecule has 1 saturated carbocycles. The van der Waals surface area contributed by atoms with Crippen molar-refractivity contribution < 1.29 is 9.84 Å². The van der Waals surface area contributed by atoms with E-state index in [0.29, 0.717) is 12.1 Å². The third kappa shape index (κ3) is 5.19. The van der Waals surface area contributed by atoms with Gasteiger partial charge >= 0.3 is 0 Å². The van der Waals surface area contributed by atoms with Gasteiger partial charge in [0.05, 0.1) is 13.2 Å². The quantitative estimate of drug-likeness (QED) is 0.825. The van der Waals surface area contributed by atoms with Crippen LogP contribution in [0.15, 0.2) is 18.2 Å². The fourth-order valence-electron chi connectivity index (χ4n) is 4.24. The number of benzene rings is 1. The largest absolute Gasteiger partial charge is 0.496 e. The summed E-state index contributed by atoms with van der Waals surface area (Å²) in [5.41, 5.74) is 2.63. The van der Waals surface area contributed by atoms with E-state index in [1.807, 2.05) is 0 Å². The van der Waals surface area contributed by atoms with E-state index >= 15 is 0 Å². The lowest BCUT2D eigenvalue weighted by atomic mass is 9.92. The van der Waals surface area contributed by atoms with Crippen LogP contribution in [0.5, 0.6) is 5.75 Å². The first-order valence-electron chi connectivity index (χ1n) is 9.99. The minimum Gasteiger partial charge on any atom is -0.496 e. The molecule has 4 nitrogen and oxygen atoms in total. The van der Waals surface area contributed by atoms with Crippen molar-refractivity contribution in [3.05, 3.63) is 29.3 Å². The number of aliphatic hydroxyl groups excluding tert-OH is 1. The smallest absolute Gasteiger partial charge is 0.123 e. The van der Waals surface area contributed by atoms with E-state index in [1.165, 1.54) is 43.5 Å². The Bertz CT molecular complexity index is 535. The highest BCUT2D eigenvalue weighted by Crippen LogP contribution is 2.27. The molecule has 1 aliphatic carbocycles. The monoisotopic (exact) mass is 346 g/mol. The summed E-state index contributed by atoms with van der Waals surface area (Å²) in [6.45, 7) is 5.63. The molecule has 2 aliphatic rings. The minimum atomic E-state index is -0.0921. The van der Waals surface area contributed by atoms with Gasteiger partial charge in [0, 0.05) is 24.2 Å². The van der Waals surface area contributed by atoms with Gasteiger partial charge in [-0.2, -0.15) is 0 Å². The van der Waals surface area contributed by atoms with Gasteiger partial charge in [-0.05, 0) is 76.2 Å². The maximum Gasteiger partial charge on any atom is 0.123 e. The second-order valence-corrected chi connectivity index (χ2v) is 7.80. The van der Waals surface area contributed by atoms with Crippen LogP contribution in [0.2, 0.25) is 0 Å². The minimum absolute atomic E-state index is 0.0921. The summed E-state index contributed by atoms with van der Waals surface area (Å²) in [4.78, 5) is 2.55. The Morgan fingerprint density at radius 3 is 2.56 bits per heavy atom. The summed E-state index contributed by atoms with van der Waals surface area (Å²) in [6, 6.07) is 7.48. The number of aliphatic hydroxyl groups is 1. The number of likely N-dealkylation sites (tertiary alicyclic amines) is 1. The Morgan fingerprint density at radius 2 is 1.88 bits per heavy atom. The number of piperidine rings is 1. The molecule has 0 amide bonds. The molecule has 1 heterocycles. The van der Waals surface area contributed by atoms with Crippen LogP contribution in [0, 0.1) is 0 Å². The van der Waals surface area contributed by atoms with Gasteiger partial charge in [0.25, 0.3) is 0 Å². The van der Waals surface area contributed by atoms with Crippen molar-refractivity contribution in [2.75, 3.05) is 20.2 Å². The van der Waals surface area contributed by atoms with Crippen molar-refractivity contribution in [2.24, 2.45) is 0 Å². The second kappa shape index (κ2) is 9.02. The average molecular weight is 347 g/mol. The molecular weight excluding hydrogens is 312 g/mol. The number of hydrogen-bond acceptors (Lipinski definition) is 4. The fraction of sp³-hybridized carbons (Fsp3) is 0.714. The fourth-order valence-corrected chi connectivity index (χ4v) is 4.24. The molecule has 0 bridgehead atoms. The lowest BCUT2D eigenvalue weighted by Gasteiger charge is -2.30. The van der Waals surface area contributed by atoms with Gasteiger partial charge in [-0.15, -0.1) is 0 Å². The van der Waals surface area contributed by atoms with Crippen molar-refractivity contribution in [1.29, 1.82) is 0 Å². The third-order valence-corrected chi connectivity index (χ3v) is 5.83. The van der Waals surface area contributed by atoms with Gasteiger partial charge in [-0.1, -0.05) is 12.5 Å². The first-order chi connectivity index (χ1) is 12.2. The highest BCUT2D eigenvalue weighted by Gasteiger charge is 2.21. The summed E-state index contributed by atoms with van der Waals surface area (Å²) < 4.78 is 5.61. The molecule has 1 saturated heterocycles. The van der Waals surface area contributed by atoms with E-state index in [0.717, 1.165) is 38.0 Å². The van der Waals surface area contributed by atoms with Crippen molar-refractivity contribution in [2.45, 2.75) is 76.6 Å². The molecule has 140 valence electrons. The highest BCUT2D eigenvalue weighted by molar-refractivity contribution is 5.38. The van der Waals surface area contributed by atoms with Gasteiger partial charge in [-0.25, -0.2) is 0 Å². The van der Waals surface area contributed by atoms with Crippen molar-refractivity contribution in [1.82, 2.24) is 10.2 Å². The van der Waals surface area contributed by atoms with Crippen LogP contribution >= 0.6 is 0 Å². The number of nitrogens with zero attached hydrogens (tertiary/aromatic N) is 1. The summed E-state index contributed by atoms with van der Waals surface area (Å²) in [5.74, 6) is 1.00. The summed E-state index contributed by atoms with van der Waals surface area (Å²) >= 11 is 0. The Morgan fingerprint density at radius 1 is 1.16 bits per heavy atom. The molecule has 4 heteroatoms. The Kier molecular flexibility index (Phi) is 6.74. The maximum absolute atomic E-state index is 9.68. The van der Waals surface area contributed by atoms with Gasteiger partial charge in [0.1, 0.15) is 5.75 Å². The zero-order chi connectivity index (χ0) is 17.6. The Labute approximate surface area is 152 Å². The summed E-state index contributed by atoms with van der Waals surface area (Å²) in [6.07, 6.45) is 7.89. The Balaban J connectivity index is 1.65. The lowest BCUT2D eigenvalue weighted by Crippen LogP contribution is -2.36. The molecule has 3 rings (SSSR count). The molecule has 25 heavy (non-hydrogen) atoms. The lowest BCUT2D eigenvalue weighted by molar-refractivity contribution is 0.114. The summed E-state index contributed by atoms with van der Waals surface area (Å²) in [7, 11) is 1.77. The number of methoxy groups -OCH3 is 1. The van der Waals surface area contributed by atoms with Crippen LogP contribution in [0.1, 0.15) is 69.0 Å². The molecule has 1 aromatic carbocycles. The zero-order valence-electron chi connectivity index (χ0n) is 15.8. The predicted octanol–water partition coefficient (Wildman–Crippen LogP) is 3.64. The van der Waals surface area contributed by atoms with Crippen molar-refractivity contribution >= 4 is 0 Å². The van der Waals surface area contributed by atoms with Gasteiger partial charge in [0.15, 0.2) is 0 Å². The second-order valence-electron chi connectivity index (χ2n) is 7.80.